The number of thioether (sulfide) groups is 1. The van der Waals surface area contributed by atoms with Gasteiger partial charge >= 0.3 is 0 Å². The lowest BCUT2D eigenvalue weighted by Crippen LogP contribution is -1.85. The summed E-state index contributed by atoms with van der Waals surface area (Å²) in [7, 11) is 0. The van der Waals surface area contributed by atoms with Gasteiger partial charge in [0.05, 0.1) is 5.69 Å². The third-order valence-corrected chi connectivity index (χ3v) is 4.02. The molecule has 0 radical (unpaired) electrons. The predicted octanol–water partition coefficient (Wildman–Crippen LogP) is 4.91. The Labute approximate surface area is 127 Å². The molecule has 0 bridgehead atoms. The predicted molar refractivity (Wildman–Crippen MR) is 83.3 cm³/mol. The number of benzene rings is 2. The van der Waals surface area contributed by atoms with E-state index in [0.717, 1.165) is 28.3 Å². The maximum atomic E-state index is 13.1. The van der Waals surface area contributed by atoms with Crippen molar-refractivity contribution in [3.63, 3.8) is 0 Å². The molecule has 0 aliphatic heterocycles. The van der Waals surface area contributed by atoms with E-state index in [-0.39, 0.29) is 5.82 Å². The fourth-order valence-corrected chi connectivity index (χ4v) is 2.85. The lowest BCUT2D eigenvalue weighted by molar-refractivity contribution is 0.573. The molecule has 2 nitrogen and oxygen atoms in total. The van der Waals surface area contributed by atoms with Crippen molar-refractivity contribution in [2.24, 2.45) is 0 Å². The van der Waals surface area contributed by atoms with Gasteiger partial charge in [-0.25, -0.2) is 9.37 Å². The molecule has 4 heteroatoms. The Morgan fingerprint density at radius 1 is 1.00 bits per heavy atom. The number of oxazole rings is 1. The van der Waals surface area contributed by atoms with Gasteiger partial charge in [0.15, 0.2) is 0 Å². The number of hydrogen-bond acceptors (Lipinski definition) is 3. The van der Waals surface area contributed by atoms with Crippen LogP contribution in [0.4, 0.5) is 4.39 Å². The monoisotopic (exact) mass is 299 g/mol. The van der Waals surface area contributed by atoms with Crippen LogP contribution in [0.3, 0.4) is 0 Å². The molecule has 3 aromatic rings. The second-order valence-electron chi connectivity index (χ2n) is 4.63. The zero-order valence-electron chi connectivity index (χ0n) is 11.3. The van der Waals surface area contributed by atoms with Crippen LogP contribution in [0.2, 0.25) is 0 Å². The highest BCUT2D eigenvalue weighted by Crippen LogP contribution is 2.22. The molecule has 0 aliphatic carbocycles. The van der Waals surface area contributed by atoms with Crippen molar-refractivity contribution < 1.29 is 8.81 Å². The first kappa shape index (κ1) is 13.9. The molecule has 0 saturated heterocycles. The molecule has 106 valence electrons. The van der Waals surface area contributed by atoms with Gasteiger partial charge in [0, 0.05) is 17.1 Å². The Kier molecular flexibility index (Phi) is 4.36. The topological polar surface area (TPSA) is 26.0 Å². The van der Waals surface area contributed by atoms with Crippen molar-refractivity contribution in [3.8, 4) is 11.5 Å². The Morgan fingerprint density at radius 2 is 1.86 bits per heavy atom. The Balaban J connectivity index is 1.58. The molecule has 0 fully saturated rings. The van der Waals surface area contributed by atoms with Crippen LogP contribution in [0.25, 0.3) is 11.5 Å². The van der Waals surface area contributed by atoms with E-state index in [4.69, 9.17) is 4.42 Å². The minimum atomic E-state index is -0.194. The SMILES string of the molecule is Fc1cccc(CSCc2coc(-c3ccccc3)n2)c1. The molecule has 0 amide bonds. The Hall–Kier alpha value is -2.07. The zero-order valence-corrected chi connectivity index (χ0v) is 12.1. The van der Waals surface area contributed by atoms with E-state index in [1.807, 2.05) is 36.4 Å². The van der Waals surface area contributed by atoms with Crippen LogP contribution in [0.1, 0.15) is 11.3 Å². The lowest BCUT2D eigenvalue weighted by Gasteiger charge is -2.00. The lowest BCUT2D eigenvalue weighted by atomic mass is 10.2. The normalized spacial score (nSPS) is 10.7. The van der Waals surface area contributed by atoms with Crippen LogP contribution in [0, 0.1) is 5.82 Å². The summed E-state index contributed by atoms with van der Waals surface area (Å²) in [5, 5.41) is 0. The molecule has 0 aliphatic rings. The van der Waals surface area contributed by atoms with Gasteiger partial charge in [-0.05, 0) is 29.8 Å². The van der Waals surface area contributed by atoms with Gasteiger partial charge in [0.2, 0.25) is 5.89 Å². The number of rotatable bonds is 5. The van der Waals surface area contributed by atoms with Crippen LogP contribution in [-0.2, 0) is 11.5 Å². The highest BCUT2D eigenvalue weighted by Gasteiger charge is 2.06. The fourth-order valence-electron chi connectivity index (χ4n) is 1.99. The molecular formula is C17H14FNOS. The van der Waals surface area contributed by atoms with E-state index >= 15 is 0 Å². The molecule has 0 N–H and O–H groups in total. The molecule has 0 unspecified atom stereocenters. The molecule has 21 heavy (non-hydrogen) atoms. The van der Waals surface area contributed by atoms with Crippen molar-refractivity contribution in [3.05, 3.63) is 77.9 Å². The molecule has 2 aromatic carbocycles. The minimum Gasteiger partial charge on any atom is -0.444 e. The van der Waals surface area contributed by atoms with Crippen LogP contribution in [0.15, 0.2) is 65.3 Å². The molecule has 1 heterocycles. The standard InChI is InChI=1S/C17H14FNOS/c18-15-8-4-5-13(9-15)11-21-12-16-10-20-17(19-16)14-6-2-1-3-7-14/h1-10H,11-12H2. The average Bonchev–Trinajstić information content (AvgIpc) is 2.97. The second kappa shape index (κ2) is 6.59. The van der Waals surface area contributed by atoms with E-state index < -0.39 is 0 Å². The zero-order chi connectivity index (χ0) is 14.5. The summed E-state index contributed by atoms with van der Waals surface area (Å²) in [6.45, 7) is 0. The van der Waals surface area contributed by atoms with Crippen molar-refractivity contribution >= 4 is 11.8 Å². The van der Waals surface area contributed by atoms with Crippen LogP contribution in [-0.4, -0.2) is 4.98 Å². The highest BCUT2D eigenvalue weighted by molar-refractivity contribution is 7.97. The van der Waals surface area contributed by atoms with Gasteiger partial charge in [-0.3, -0.25) is 0 Å². The Bertz CT molecular complexity index is 712. The molecule has 0 saturated carbocycles. The van der Waals surface area contributed by atoms with Crippen LogP contribution in [0.5, 0.6) is 0 Å². The first-order valence-electron chi connectivity index (χ1n) is 6.63. The van der Waals surface area contributed by atoms with E-state index in [2.05, 4.69) is 4.98 Å². The molecule has 3 rings (SSSR count). The van der Waals surface area contributed by atoms with Crippen LogP contribution >= 0.6 is 11.8 Å². The quantitative estimate of drug-likeness (QED) is 0.669. The van der Waals surface area contributed by atoms with E-state index in [0.29, 0.717) is 5.89 Å². The minimum absolute atomic E-state index is 0.194. The maximum Gasteiger partial charge on any atom is 0.226 e. The summed E-state index contributed by atoms with van der Waals surface area (Å²) in [5.41, 5.74) is 2.85. The summed E-state index contributed by atoms with van der Waals surface area (Å²) < 4.78 is 18.6. The highest BCUT2D eigenvalue weighted by atomic mass is 32.2. The van der Waals surface area contributed by atoms with Gasteiger partial charge in [0.25, 0.3) is 0 Å². The number of nitrogens with zero attached hydrogens (tertiary/aromatic N) is 1. The van der Waals surface area contributed by atoms with Crippen LogP contribution < -0.4 is 0 Å². The molecule has 1 aromatic heterocycles. The largest absolute Gasteiger partial charge is 0.444 e. The number of aromatic nitrogens is 1. The average molecular weight is 299 g/mol. The fraction of sp³-hybridized carbons (Fsp3) is 0.118. The van der Waals surface area contributed by atoms with Crippen molar-refractivity contribution in [1.29, 1.82) is 0 Å². The first-order valence-corrected chi connectivity index (χ1v) is 7.79. The van der Waals surface area contributed by atoms with E-state index in [1.54, 1.807) is 30.2 Å². The van der Waals surface area contributed by atoms with Crippen molar-refractivity contribution in [1.82, 2.24) is 4.98 Å². The molecule has 0 atom stereocenters. The third kappa shape index (κ3) is 3.73. The second-order valence-corrected chi connectivity index (χ2v) is 5.62. The van der Waals surface area contributed by atoms with E-state index in [1.165, 1.54) is 6.07 Å². The van der Waals surface area contributed by atoms with Crippen molar-refractivity contribution in [2.45, 2.75) is 11.5 Å². The van der Waals surface area contributed by atoms with Gasteiger partial charge in [0.1, 0.15) is 12.1 Å². The van der Waals surface area contributed by atoms with E-state index in [9.17, 15) is 4.39 Å². The first-order chi connectivity index (χ1) is 10.3. The summed E-state index contributed by atoms with van der Waals surface area (Å²) in [6, 6.07) is 16.5. The number of hydrogen-bond donors (Lipinski definition) is 0. The molecular weight excluding hydrogens is 285 g/mol. The smallest absolute Gasteiger partial charge is 0.226 e. The van der Waals surface area contributed by atoms with Gasteiger partial charge in [-0.2, -0.15) is 11.8 Å². The van der Waals surface area contributed by atoms with Crippen molar-refractivity contribution in [2.75, 3.05) is 0 Å². The van der Waals surface area contributed by atoms with Gasteiger partial charge < -0.3 is 4.42 Å². The van der Waals surface area contributed by atoms with Gasteiger partial charge in [-0.1, -0.05) is 30.3 Å². The Morgan fingerprint density at radius 3 is 2.67 bits per heavy atom. The third-order valence-electron chi connectivity index (χ3n) is 2.98. The summed E-state index contributed by atoms with van der Waals surface area (Å²) in [5.74, 6) is 1.94. The maximum absolute atomic E-state index is 13.1. The molecule has 0 spiro atoms. The summed E-state index contributed by atoms with van der Waals surface area (Å²) in [4.78, 5) is 4.47. The number of halogens is 1. The summed E-state index contributed by atoms with van der Waals surface area (Å²) in [6.07, 6.45) is 1.68. The van der Waals surface area contributed by atoms with Gasteiger partial charge in [-0.15, -0.1) is 0 Å². The summed E-state index contributed by atoms with van der Waals surface area (Å²) >= 11 is 1.69.